The first kappa shape index (κ1) is 16.7. The summed E-state index contributed by atoms with van der Waals surface area (Å²) >= 11 is 0. The van der Waals surface area contributed by atoms with Gasteiger partial charge in [-0.2, -0.15) is 0 Å². The molecule has 120 valence electrons. The van der Waals surface area contributed by atoms with Gasteiger partial charge in [-0.25, -0.2) is 0 Å². The van der Waals surface area contributed by atoms with Gasteiger partial charge in [-0.3, -0.25) is 4.79 Å². The van der Waals surface area contributed by atoms with Crippen molar-refractivity contribution in [2.24, 2.45) is 0 Å². The lowest BCUT2D eigenvalue weighted by atomic mass is 9.94. The van der Waals surface area contributed by atoms with Crippen molar-refractivity contribution in [3.63, 3.8) is 0 Å². The zero-order valence-corrected chi connectivity index (χ0v) is 13.6. The van der Waals surface area contributed by atoms with Crippen LogP contribution in [0.25, 0.3) is 6.08 Å². The summed E-state index contributed by atoms with van der Waals surface area (Å²) in [5.41, 5.74) is 3.82. The molecule has 0 saturated carbocycles. The molecule has 0 bridgehead atoms. The van der Waals surface area contributed by atoms with Crippen molar-refractivity contribution in [2.45, 2.75) is 39.2 Å². The van der Waals surface area contributed by atoms with Crippen LogP contribution in [0.2, 0.25) is 0 Å². The van der Waals surface area contributed by atoms with Crippen LogP contribution >= 0.6 is 0 Å². The Kier molecular flexibility index (Phi) is 5.37. The molecule has 1 fully saturated rings. The zero-order valence-electron chi connectivity index (χ0n) is 13.6. The van der Waals surface area contributed by atoms with E-state index in [2.05, 4.69) is 31.3 Å². The summed E-state index contributed by atoms with van der Waals surface area (Å²) in [6, 6.07) is 4.21. The third kappa shape index (κ3) is 4.42. The van der Waals surface area contributed by atoms with Gasteiger partial charge in [0.2, 0.25) is 5.91 Å². The van der Waals surface area contributed by atoms with E-state index >= 15 is 0 Å². The minimum absolute atomic E-state index is 0.183. The Hall–Kier alpha value is -1.65. The Morgan fingerprint density at radius 2 is 1.86 bits per heavy atom. The van der Waals surface area contributed by atoms with Crippen molar-refractivity contribution in [1.82, 2.24) is 5.32 Å². The van der Waals surface area contributed by atoms with Crippen LogP contribution in [0.5, 0.6) is 0 Å². The van der Waals surface area contributed by atoms with Crippen LogP contribution < -0.4 is 5.32 Å². The molecular weight excluding hydrogens is 278 g/mol. The molecule has 1 aliphatic heterocycles. The highest BCUT2D eigenvalue weighted by Crippen LogP contribution is 2.19. The second-order valence-corrected chi connectivity index (χ2v) is 6.18. The summed E-state index contributed by atoms with van der Waals surface area (Å²) < 4.78 is 5.22. The molecule has 2 rings (SSSR count). The van der Waals surface area contributed by atoms with E-state index in [-0.39, 0.29) is 12.5 Å². The summed E-state index contributed by atoms with van der Waals surface area (Å²) in [6.07, 6.45) is 4.48. The lowest BCUT2D eigenvalue weighted by molar-refractivity contribution is -0.119. The van der Waals surface area contributed by atoms with Gasteiger partial charge in [0.1, 0.15) is 0 Å². The Morgan fingerprint density at radius 3 is 2.55 bits per heavy atom. The largest absolute Gasteiger partial charge is 0.388 e. The molecule has 1 heterocycles. The highest BCUT2D eigenvalue weighted by molar-refractivity contribution is 5.92. The number of aliphatic hydroxyl groups is 1. The van der Waals surface area contributed by atoms with E-state index in [1.807, 2.05) is 13.0 Å². The fourth-order valence-electron chi connectivity index (χ4n) is 2.57. The highest BCUT2D eigenvalue weighted by atomic mass is 16.5. The van der Waals surface area contributed by atoms with Crippen molar-refractivity contribution < 1.29 is 14.6 Å². The number of hydrogen-bond acceptors (Lipinski definition) is 3. The maximum absolute atomic E-state index is 11.9. The maximum atomic E-state index is 11.9. The average molecular weight is 303 g/mol. The van der Waals surface area contributed by atoms with E-state index in [4.69, 9.17) is 4.74 Å². The van der Waals surface area contributed by atoms with Gasteiger partial charge in [-0.15, -0.1) is 0 Å². The SMILES string of the molecule is Cc1cc(C)c(C=CC(=O)NCC2(O)CCOCC2)cc1C. The van der Waals surface area contributed by atoms with Crippen molar-refractivity contribution in [3.8, 4) is 0 Å². The molecule has 1 saturated heterocycles. The molecule has 1 aromatic rings. The minimum Gasteiger partial charge on any atom is -0.388 e. The van der Waals surface area contributed by atoms with Crippen molar-refractivity contribution in [1.29, 1.82) is 0 Å². The lowest BCUT2D eigenvalue weighted by Crippen LogP contribution is -2.46. The molecule has 1 aliphatic rings. The summed E-state index contributed by atoms with van der Waals surface area (Å²) in [4.78, 5) is 11.9. The molecule has 4 heteroatoms. The van der Waals surface area contributed by atoms with Gasteiger partial charge in [0, 0.05) is 38.7 Å². The number of amides is 1. The Balaban J connectivity index is 1.93. The van der Waals surface area contributed by atoms with Gasteiger partial charge >= 0.3 is 0 Å². The van der Waals surface area contributed by atoms with Crippen LogP contribution in [-0.4, -0.2) is 36.4 Å². The fraction of sp³-hybridized carbons (Fsp3) is 0.500. The van der Waals surface area contributed by atoms with Crippen LogP contribution in [0.4, 0.5) is 0 Å². The molecule has 2 N–H and O–H groups in total. The highest BCUT2D eigenvalue weighted by Gasteiger charge is 2.29. The standard InChI is InChI=1S/C18H25NO3/c1-13-10-15(3)16(11-14(13)2)4-5-17(20)19-12-18(21)6-8-22-9-7-18/h4-5,10-11,21H,6-9,12H2,1-3H3,(H,19,20). The Morgan fingerprint density at radius 1 is 1.23 bits per heavy atom. The van der Waals surface area contributed by atoms with Crippen LogP contribution in [-0.2, 0) is 9.53 Å². The predicted octanol–water partition coefficient (Wildman–Crippen LogP) is 2.28. The number of nitrogens with one attached hydrogen (secondary N) is 1. The van der Waals surface area contributed by atoms with Gasteiger partial charge in [-0.05, 0) is 49.1 Å². The van der Waals surface area contributed by atoms with Crippen LogP contribution in [0.3, 0.4) is 0 Å². The molecule has 22 heavy (non-hydrogen) atoms. The summed E-state index contributed by atoms with van der Waals surface area (Å²) in [5.74, 6) is -0.183. The van der Waals surface area contributed by atoms with Crippen LogP contribution in [0.15, 0.2) is 18.2 Å². The van der Waals surface area contributed by atoms with Crippen molar-refractivity contribution >= 4 is 12.0 Å². The second kappa shape index (κ2) is 7.07. The molecule has 0 atom stereocenters. The first-order valence-corrected chi connectivity index (χ1v) is 7.73. The molecule has 0 aromatic heterocycles. The summed E-state index contributed by atoms with van der Waals surface area (Å²) in [6.45, 7) is 7.54. The molecule has 0 radical (unpaired) electrons. The van der Waals surface area contributed by atoms with Gasteiger partial charge in [0.05, 0.1) is 5.60 Å². The number of rotatable bonds is 4. The first-order chi connectivity index (χ1) is 10.4. The molecule has 0 spiro atoms. The zero-order chi connectivity index (χ0) is 16.2. The first-order valence-electron chi connectivity index (χ1n) is 7.73. The van der Waals surface area contributed by atoms with Crippen molar-refractivity contribution in [2.75, 3.05) is 19.8 Å². The number of carbonyl (C=O) groups excluding carboxylic acids is 1. The third-order valence-corrected chi connectivity index (χ3v) is 4.31. The monoisotopic (exact) mass is 303 g/mol. The topological polar surface area (TPSA) is 58.6 Å². The normalized spacial score (nSPS) is 17.6. The smallest absolute Gasteiger partial charge is 0.244 e. The molecule has 0 unspecified atom stereocenters. The average Bonchev–Trinajstić information content (AvgIpc) is 2.48. The van der Waals surface area contributed by atoms with Gasteiger partial charge < -0.3 is 15.2 Å². The number of hydrogen-bond donors (Lipinski definition) is 2. The van der Waals surface area contributed by atoms with E-state index in [0.717, 1.165) is 11.1 Å². The number of carbonyl (C=O) groups is 1. The van der Waals surface area contributed by atoms with Gasteiger partial charge in [0.15, 0.2) is 0 Å². The lowest BCUT2D eigenvalue weighted by Gasteiger charge is -2.31. The molecular formula is C18H25NO3. The van der Waals surface area contributed by atoms with Crippen molar-refractivity contribution in [3.05, 3.63) is 40.5 Å². The quantitative estimate of drug-likeness (QED) is 0.839. The number of benzene rings is 1. The summed E-state index contributed by atoms with van der Waals surface area (Å²) in [5, 5.41) is 13.1. The molecule has 1 aromatic carbocycles. The third-order valence-electron chi connectivity index (χ3n) is 4.31. The molecule has 0 aliphatic carbocycles. The second-order valence-electron chi connectivity index (χ2n) is 6.18. The van der Waals surface area contributed by atoms with E-state index in [1.54, 1.807) is 0 Å². The Bertz CT molecular complexity index is 572. The van der Waals surface area contributed by atoms with E-state index in [1.165, 1.54) is 17.2 Å². The number of ether oxygens (including phenoxy) is 1. The fourth-order valence-corrected chi connectivity index (χ4v) is 2.57. The summed E-state index contributed by atoms with van der Waals surface area (Å²) in [7, 11) is 0. The van der Waals surface area contributed by atoms with Gasteiger partial charge in [-0.1, -0.05) is 12.1 Å². The Labute approximate surface area is 132 Å². The van der Waals surface area contributed by atoms with Crippen LogP contribution in [0.1, 0.15) is 35.1 Å². The minimum atomic E-state index is -0.835. The molecule has 1 amide bonds. The number of aryl methyl sites for hydroxylation is 3. The predicted molar refractivity (Wildman–Crippen MR) is 87.7 cm³/mol. The van der Waals surface area contributed by atoms with Crippen LogP contribution in [0, 0.1) is 20.8 Å². The van der Waals surface area contributed by atoms with E-state index in [9.17, 15) is 9.90 Å². The van der Waals surface area contributed by atoms with E-state index < -0.39 is 5.60 Å². The van der Waals surface area contributed by atoms with E-state index in [0.29, 0.717) is 26.1 Å². The van der Waals surface area contributed by atoms with Gasteiger partial charge in [0.25, 0.3) is 0 Å². The maximum Gasteiger partial charge on any atom is 0.244 e. The molecule has 4 nitrogen and oxygen atoms in total.